The molecule has 0 unspecified atom stereocenters. The van der Waals surface area contributed by atoms with Crippen LogP contribution in [0.3, 0.4) is 0 Å². The summed E-state index contributed by atoms with van der Waals surface area (Å²) < 4.78 is 5.31. The number of amides is 1. The number of aryl methyl sites for hydroxylation is 2. The fraction of sp³-hybridized carbons (Fsp3) is 0.412. The first kappa shape index (κ1) is 13.9. The second-order valence-electron chi connectivity index (χ2n) is 5.95. The molecule has 3 rings (SSSR count). The predicted octanol–water partition coefficient (Wildman–Crippen LogP) is 3.04. The summed E-state index contributed by atoms with van der Waals surface area (Å²) in [6.07, 6.45) is 2.87. The Morgan fingerprint density at radius 3 is 2.90 bits per heavy atom. The van der Waals surface area contributed by atoms with Crippen molar-refractivity contribution in [3.63, 3.8) is 0 Å². The van der Waals surface area contributed by atoms with E-state index < -0.39 is 0 Å². The molecule has 4 heteroatoms. The minimum atomic E-state index is -0.144. The molecule has 0 aliphatic heterocycles. The number of aromatic nitrogens is 1. The van der Waals surface area contributed by atoms with Crippen molar-refractivity contribution in [1.29, 1.82) is 0 Å². The molecular weight excluding hydrogens is 264 g/mol. The maximum Gasteiger partial charge on any atom is 0.274 e. The van der Waals surface area contributed by atoms with Gasteiger partial charge in [-0.05, 0) is 31.2 Å². The molecule has 21 heavy (non-hydrogen) atoms. The summed E-state index contributed by atoms with van der Waals surface area (Å²) in [4.78, 5) is 12.3. The highest BCUT2D eigenvalue weighted by Crippen LogP contribution is 2.27. The normalized spacial score (nSPS) is 17.3. The van der Waals surface area contributed by atoms with E-state index in [0.717, 1.165) is 36.1 Å². The molecule has 0 spiro atoms. The van der Waals surface area contributed by atoms with Gasteiger partial charge < -0.3 is 9.84 Å². The molecule has 1 atom stereocenters. The minimum Gasteiger partial charge on any atom is -0.360 e. The molecule has 1 aliphatic rings. The van der Waals surface area contributed by atoms with E-state index in [1.165, 1.54) is 5.56 Å². The van der Waals surface area contributed by atoms with Gasteiger partial charge in [0.2, 0.25) is 0 Å². The molecule has 2 aromatic rings. The Kier molecular flexibility index (Phi) is 3.78. The lowest BCUT2D eigenvalue weighted by Gasteiger charge is -2.16. The molecule has 0 fully saturated rings. The average Bonchev–Trinajstić information content (AvgIpc) is 2.89. The van der Waals surface area contributed by atoms with Crippen molar-refractivity contribution in [2.24, 2.45) is 5.92 Å². The number of benzene rings is 1. The molecule has 1 N–H and O–H groups in total. The van der Waals surface area contributed by atoms with Crippen LogP contribution < -0.4 is 5.32 Å². The molecule has 1 amide bonds. The zero-order valence-corrected chi connectivity index (χ0v) is 12.5. The Labute approximate surface area is 124 Å². The van der Waals surface area contributed by atoms with Gasteiger partial charge in [-0.2, -0.15) is 0 Å². The minimum absolute atomic E-state index is 0.144. The van der Waals surface area contributed by atoms with Gasteiger partial charge in [-0.1, -0.05) is 41.9 Å². The van der Waals surface area contributed by atoms with Crippen LogP contribution in [0.1, 0.15) is 46.3 Å². The summed E-state index contributed by atoms with van der Waals surface area (Å²) in [7, 11) is 0. The summed E-state index contributed by atoms with van der Waals surface area (Å²) in [5, 5.41) is 6.90. The molecule has 0 saturated carbocycles. The van der Waals surface area contributed by atoms with Crippen molar-refractivity contribution in [3.05, 3.63) is 52.4 Å². The molecule has 4 nitrogen and oxygen atoms in total. The van der Waals surface area contributed by atoms with Crippen molar-refractivity contribution >= 4 is 5.91 Å². The Balaban J connectivity index is 1.68. The zero-order chi connectivity index (χ0) is 14.8. The van der Waals surface area contributed by atoms with Crippen LogP contribution in [0.25, 0.3) is 0 Å². The number of nitrogens with zero attached hydrogens (tertiary/aromatic N) is 1. The van der Waals surface area contributed by atoms with E-state index in [1.54, 1.807) is 0 Å². The Morgan fingerprint density at radius 1 is 1.38 bits per heavy atom. The van der Waals surface area contributed by atoms with Crippen molar-refractivity contribution < 1.29 is 9.32 Å². The van der Waals surface area contributed by atoms with Crippen LogP contribution in [0.15, 0.2) is 28.8 Å². The second-order valence-corrected chi connectivity index (χ2v) is 5.95. The van der Waals surface area contributed by atoms with Crippen LogP contribution in [0, 0.1) is 12.8 Å². The zero-order valence-electron chi connectivity index (χ0n) is 12.5. The summed E-state index contributed by atoms with van der Waals surface area (Å²) >= 11 is 0. The van der Waals surface area contributed by atoms with E-state index in [9.17, 15) is 4.79 Å². The molecule has 0 saturated heterocycles. The van der Waals surface area contributed by atoms with Gasteiger partial charge in [-0.15, -0.1) is 0 Å². The molecule has 0 bridgehead atoms. The largest absolute Gasteiger partial charge is 0.360 e. The van der Waals surface area contributed by atoms with E-state index >= 15 is 0 Å². The lowest BCUT2D eigenvalue weighted by molar-refractivity contribution is 0.0941. The molecule has 1 aliphatic carbocycles. The molecule has 1 aromatic heterocycles. The van der Waals surface area contributed by atoms with Gasteiger partial charge in [0.05, 0.1) is 0 Å². The first-order valence-corrected chi connectivity index (χ1v) is 7.44. The van der Waals surface area contributed by atoms with Gasteiger partial charge in [-0.3, -0.25) is 4.79 Å². The number of hydrogen-bond acceptors (Lipinski definition) is 3. The maximum atomic E-state index is 12.3. The smallest absolute Gasteiger partial charge is 0.274 e. The lowest BCUT2D eigenvalue weighted by Crippen LogP contribution is -2.25. The van der Waals surface area contributed by atoms with E-state index in [-0.39, 0.29) is 5.91 Å². The molecular formula is C17H20N2O2. The van der Waals surface area contributed by atoms with Crippen molar-refractivity contribution in [2.45, 2.75) is 39.7 Å². The van der Waals surface area contributed by atoms with Crippen molar-refractivity contribution in [2.75, 3.05) is 0 Å². The lowest BCUT2D eigenvalue weighted by atomic mass is 9.88. The number of carbonyl (C=O) groups excluding carboxylic acids is 1. The van der Waals surface area contributed by atoms with Crippen LogP contribution in [-0.2, 0) is 19.4 Å². The van der Waals surface area contributed by atoms with E-state index in [1.807, 2.05) is 31.2 Å². The van der Waals surface area contributed by atoms with Crippen LogP contribution in [-0.4, -0.2) is 11.1 Å². The third-order valence-corrected chi connectivity index (χ3v) is 4.08. The Morgan fingerprint density at radius 2 is 2.14 bits per heavy atom. The third-order valence-electron chi connectivity index (χ3n) is 4.08. The van der Waals surface area contributed by atoms with Gasteiger partial charge in [-0.25, -0.2) is 0 Å². The first-order valence-electron chi connectivity index (χ1n) is 7.44. The number of nitrogens with one attached hydrogen (secondary N) is 1. The predicted molar refractivity (Wildman–Crippen MR) is 80.0 cm³/mol. The van der Waals surface area contributed by atoms with Gasteiger partial charge in [0.1, 0.15) is 5.76 Å². The van der Waals surface area contributed by atoms with Gasteiger partial charge >= 0.3 is 0 Å². The van der Waals surface area contributed by atoms with E-state index in [4.69, 9.17) is 4.52 Å². The maximum absolute atomic E-state index is 12.3. The first-order chi connectivity index (χ1) is 10.1. The molecule has 0 radical (unpaired) electrons. The monoisotopic (exact) mass is 284 g/mol. The summed E-state index contributed by atoms with van der Waals surface area (Å²) in [6, 6.07) is 8.13. The fourth-order valence-electron chi connectivity index (χ4n) is 2.73. The SMILES string of the molecule is Cc1ccc(CNC(=O)c2noc3c2C[C@H](C)CC3)cc1. The van der Waals surface area contributed by atoms with Gasteiger partial charge in [0.15, 0.2) is 5.69 Å². The van der Waals surface area contributed by atoms with Gasteiger partial charge in [0, 0.05) is 18.5 Å². The highest BCUT2D eigenvalue weighted by molar-refractivity contribution is 5.93. The average molecular weight is 284 g/mol. The van der Waals surface area contributed by atoms with Crippen LogP contribution in [0.5, 0.6) is 0 Å². The van der Waals surface area contributed by atoms with E-state index in [2.05, 4.69) is 17.4 Å². The molecule has 1 aromatic carbocycles. The number of rotatable bonds is 3. The number of fused-ring (bicyclic) bond motifs is 1. The van der Waals surface area contributed by atoms with Gasteiger partial charge in [0.25, 0.3) is 5.91 Å². The fourth-order valence-corrected chi connectivity index (χ4v) is 2.73. The highest BCUT2D eigenvalue weighted by Gasteiger charge is 2.26. The Bertz CT molecular complexity index is 643. The van der Waals surface area contributed by atoms with Crippen molar-refractivity contribution in [3.8, 4) is 0 Å². The van der Waals surface area contributed by atoms with E-state index in [0.29, 0.717) is 18.2 Å². The summed E-state index contributed by atoms with van der Waals surface area (Å²) in [6.45, 7) is 4.76. The third kappa shape index (κ3) is 2.99. The van der Waals surface area contributed by atoms with Crippen LogP contribution in [0.4, 0.5) is 0 Å². The standard InChI is InChI=1S/C17H20N2O2/c1-11-3-6-13(7-4-11)10-18-17(20)16-14-9-12(2)5-8-15(14)21-19-16/h3-4,6-7,12H,5,8-10H2,1-2H3,(H,18,20)/t12-/m1/s1. The summed E-state index contributed by atoms with van der Waals surface area (Å²) in [5.74, 6) is 1.32. The number of carbonyl (C=O) groups is 1. The van der Waals surface area contributed by atoms with Crippen LogP contribution >= 0.6 is 0 Å². The quantitative estimate of drug-likeness (QED) is 0.942. The topological polar surface area (TPSA) is 55.1 Å². The molecule has 1 heterocycles. The second kappa shape index (κ2) is 5.72. The highest BCUT2D eigenvalue weighted by atomic mass is 16.5. The van der Waals surface area contributed by atoms with Crippen LogP contribution in [0.2, 0.25) is 0 Å². The summed E-state index contributed by atoms with van der Waals surface area (Å²) in [5.41, 5.74) is 3.75. The van der Waals surface area contributed by atoms with Crippen molar-refractivity contribution in [1.82, 2.24) is 10.5 Å². The molecule has 110 valence electrons. The Hall–Kier alpha value is -2.10. The number of hydrogen-bond donors (Lipinski definition) is 1.